The average molecular weight is 257 g/mol. The Balaban J connectivity index is 2.73. The summed E-state index contributed by atoms with van der Waals surface area (Å²) in [5, 5.41) is 0. The first kappa shape index (κ1) is 11.7. The molecular weight excluding hydrogens is 240 g/mol. The summed E-state index contributed by atoms with van der Waals surface area (Å²) < 4.78 is 1.07. The summed E-state index contributed by atoms with van der Waals surface area (Å²) in [6.45, 7) is 2.83. The van der Waals surface area contributed by atoms with Gasteiger partial charge in [-0.05, 0) is 36.6 Å². The topological polar surface area (TPSA) is 52.0 Å². The van der Waals surface area contributed by atoms with Crippen molar-refractivity contribution in [2.45, 2.75) is 19.4 Å². The molecule has 0 spiro atoms. The van der Waals surface area contributed by atoms with Gasteiger partial charge in [0.05, 0.1) is 0 Å². The molecule has 0 fully saturated rings. The SMILES string of the molecule is CC(CCN)C(N)c1cccc(Br)c1. The fourth-order valence-electron chi connectivity index (χ4n) is 1.48. The fourth-order valence-corrected chi connectivity index (χ4v) is 1.90. The minimum absolute atomic E-state index is 0.0797. The van der Waals surface area contributed by atoms with Crippen molar-refractivity contribution in [3.05, 3.63) is 34.3 Å². The van der Waals surface area contributed by atoms with E-state index in [9.17, 15) is 0 Å². The zero-order valence-corrected chi connectivity index (χ0v) is 10.00. The molecule has 2 unspecified atom stereocenters. The highest BCUT2D eigenvalue weighted by atomic mass is 79.9. The predicted octanol–water partition coefficient (Wildman–Crippen LogP) is 2.43. The molecule has 14 heavy (non-hydrogen) atoms. The van der Waals surface area contributed by atoms with E-state index in [1.807, 2.05) is 12.1 Å². The van der Waals surface area contributed by atoms with Gasteiger partial charge in [-0.2, -0.15) is 0 Å². The highest BCUT2D eigenvalue weighted by Gasteiger charge is 2.13. The van der Waals surface area contributed by atoms with E-state index in [0.717, 1.165) is 10.9 Å². The molecule has 2 atom stereocenters. The van der Waals surface area contributed by atoms with E-state index in [4.69, 9.17) is 11.5 Å². The van der Waals surface area contributed by atoms with Crippen LogP contribution in [0.4, 0.5) is 0 Å². The van der Waals surface area contributed by atoms with Crippen LogP contribution < -0.4 is 11.5 Å². The molecule has 1 aromatic rings. The minimum Gasteiger partial charge on any atom is -0.330 e. The summed E-state index contributed by atoms with van der Waals surface area (Å²) in [7, 11) is 0. The standard InChI is InChI=1S/C11H17BrN2/c1-8(5-6-13)11(14)9-3-2-4-10(12)7-9/h2-4,7-8,11H,5-6,13-14H2,1H3. The Morgan fingerprint density at radius 1 is 1.43 bits per heavy atom. The van der Waals surface area contributed by atoms with Crippen LogP contribution in [0.1, 0.15) is 24.9 Å². The molecule has 4 N–H and O–H groups in total. The number of rotatable bonds is 4. The van der Waals surface area contributed by atoms with E-state index in [2.05, 4.69) is 35.0 Å². The van der Waals surface area contributed by atoms with E-state index < -0.39 is 0 Å². The first-order valence-corrected chi connectivity index (χ1v) is 5.65. The van der Waals surface area contributed by atoms with Crippen molar-refractivity contribution in [3.8, 4) is 0 Å². The molecule has 0 amide bonds. The first-order valence-electron chi connectivity index (χ1n) is 4.86. The lowest BCUT2D eigenvalue weighted by Gasteiger charge is -2.19. The monoisotopic (exact) mass is 256 g/mol. The smallest absolute Gasteiger partial charge is 0.0321 e. The number of hydrogen-bond donors (Lipinski definition) is 2. The molecule has 0 bridgehead atoms. The molecular formula is C11H17BrN2. The molecule has 0 aromatic heterocycles. The fraction of sp³-hybridized carbons (Fsp3) is 0.455. The molecule has 0 radical (unpaired) electrons. The lowest BCUT2D eigenvalue weighted by atomic mass is 9.93. The number of hydrogen-bond acceptors (Lipinski definition) is 2. The van der Waals surface area contributed by atoms with Gasteiger partial charge in [-0.3, -0.25) is 0 Å². The average Bonchev–Trinajstić information content (AvgIpc) is 2.17. The minimum atomic E-state index is 0.0797. The summed E-state index contributed by atoms with van der Waals surface area (Å²) in [5.74, 6) is 0.425. The van der Waals surface area contributed by atoms with Crippen LogP contribution in [-0.4, -0.2) is 6.54 Å². The quantitative estimate of drug-likeness (QED) is 0.870. The second kappa shape index (κ2) is 5.49. The molecule has 0 heterocycles. The summed E-state index contributed by atoms with van der Waals surface area (Å²) in [4.78, 5) is 0. The third-order valence-corrected chi connectivity index (χ3v) is 2.96. The van der Waals surface area contributed by atoms with Crippen LogP contribution >= 0.6 is 15.9 Å². The summed E-state index contributed by atoms with van der Waals surface area (Å²) in [5.41, 5.74) is 12.8. The van der Waals surface area contributed by atoms with Gasteiger partial charge in [0, 0.05) is 10.5 Å². The molecule has 1 aromatic carbocycles. The normalized spacial score (nSPS) is 15.1. The van der Waals surface area contributed by atoms with Gasteiger partial charge in [-0.25, -0.2) is 0 Å². The third kappa shape index (κ3) is 3.08. The summed E-state index contributed by atoms with van der Waals surface area (Å²) in [6, 6.07) is 8.22. The van der Waals surface area contributed by atoms with Crippen molar-refractivity contribution < 1.29 is 0 Å². The highest BCUT2D eigenvalue weighted by molar-refractivity contribution is 9.10. The number of nitrogens with two attached hydrogens (primary N) is 2. The summed E-state index contributed by atoms with van der Waals surface area (Å²) >= 11 is 3.44. The molecule has 0 aliphatic rings. The van der Waals surface area contributed by atoms with E-state index in [1.165, 1.54) is 5.56 Å². The van der Waals surface area contributed by atoms with Crippen molar-refractivity contribution in [1.82, 2.24) is 0 Å². The van der Waals surface area contributed by atoms with Crippen molar-refractivity contribution in [3.63, 3.8) is 0 Å². The van der Waals surface area contributed by atoms with Gasteiger partial charge >= 0.3 is 0 Å². The number of benzene rings is 1. The van der Waals surface area contributed by atoms with Gasteiger partial charge in [0.15, 0.2) is 0 Å². The largest absolute Gasteiger partial charge is 0.330 e. The van der Waals surface area contributed by atoms with Crippen molar-refractivity contribution in [2.75, 3.05) is 6.54 Å². The van der Waals surface area contributed by atoms with Gasteiger partial charge in [-0.1, -0.05) is 35.0 Å². The Morgan fingerprint density at radius 3 is 2.71 bits per heavy atom. The van der Waals surface area contributed by atoms with E-state index in [1.54, 1.807) is 0 Å². The summed E-state index contributed by atoms with van der Waals surface area (Å²) in [6.07, 6.45) is 0.966. The maximum absolute atomic E-state index is 6.12. The highest BCUT2D eigenvalue weighted by Crippen LogP contribution is 2.23. The lowest BCUT2D eigenvalue weighted by Crippen LogP contribution is -2.21. The number of halogens is 1. The van der Waals surface area contributed by atoms with Crippen molar-refractivity contribution >= 4 is 15.9 Å². The Labute approximate surface area is 93.8 Å². The Hall–Kier alpha value is -0.380. The molecule has 0 aliphatic carbocycles. The second-order valence-electron chi connectivity index (χ2n) is 3.64. The van der Waals surface area contributed by atoms with Crippen molar-refractivity contribution in [2.24, 2.45) is 17.4 Å². The Morgan fingerprint density at radius 2 is 2.14 bits per heavy atom. The zero-order valence-electron chi connectivity index (χ0n) is 8.41. The molecule has 78 valence electrons. The molecule has 2 nitrogen and oxygen atoms in total. The van der Waals surface area contributed by atoms with Crippen LogP contribution in [0.2, 0.25) is 0 Å². The van der Waals surface area contributed by atoms with Gasteiger partial charge in [0.25, 0.3) is 0 Å². The van der Waals surface area contributed by atoms with Gasteiger partial charge in [0.1, 0.15) is 0 Å². The van der Waals surface area contributed by atoms with Crippen LogP contribution in [0.5, 0.6) is 0 Å². The first-order chi connectivity index (χ1) is 6.65. The lowest BCUT2D eigenvalue weighted by molar-refractivity contribution is 0.444. The van der Waals surface area contributed by atoms with Crippen molar-refractivity contribution in [1.29, 1.82) is 0 Å². The Bertz CT molecular complexity index is 288. The maximum Gasteiger partial charge on any atom is 0.0321 e. The Kier molecular flexibility index (Phi) is 4.58. The van der Waals surface area contributed by atoms with Crippen LogP contribution in [0.3, 0.4) is 0 Å². The molecule has 0 saturated heterocycles. The predicted molar refractivity (Wildman–Crippen MR) is 63.9 cm³/mol. The second-order valence-corrected chi connectivity index (χ2v) is 4.55. The van der Waals surface area contributed by atoms with E-state index in [-0.39, 0.29) is 6.04 Å². The molecule has 3 heteroatoms. The molecule has 0 aliphatic heterocycles. The third-order valence-electron chi connectivity index (χ3n) is 2.47. The van der Waals surface area contributed by atoms with Crippen LogP contribution in [0.15, 0.2) is 28.7 Å². The molecule has 0 saturated carbocycles. The van der Waals surface area contributed by atoms with Gasteiger partial charge in [0.2, 0.25) is 0 Å². The van der Waals surface area contributed by atoms with E-state index in [0.29, 0.717) is 12.5 Å². The zero-order chi connectivity index (χ0) is 10.6. The van der Waals surface area contributed by atoms with Crippen LogP contribution in [0.25, 0.3) is 0 Å². The van der Waals surface area contributed by atoms with Gasteiger partial charge < -0.3 is 11.5 Å². The van der Waals surface area contributed by atoms with E-state index >= 15 is 0 Å². The maximum atomic E-state index is 6.12. The van der Waals surface area contributed by atoms with Gasteiger partial charge in [-0.15, -0.1) is 0 Å². The van der Waals surface area contributed by atoms with Crippen LogP contribution in [-0.2, 0) is 0 Å². The van der Waals surface area contributed by atoms with Crippen LogP contribution in [0, 0.1) is 5.92 Å². The molecule has 1 rings (SSSR count).